The summed E-state index contributed by atoms with van der Waals surface area (Å²) in [5, 5.41) is 3.91. The van der Waals surface area contributed by atoms with Crippen molar-refractivity contribution in [1.29, 1.82) is 0 Å². The van der Waals surface area contributed by atoms with Gasteiger partial charge in [0.1, 0.15) is 17.3 Å². The Labute approximate surface area is 220 Å². The van der Waals surface area contributed by atoms with E-state index in [1.807, 2.05) is 49.6 Å². The van der Waals surface area contributed by atoms with Gasteiger partial charge in [-0.15, -0.1) is 0 Å². The molecule has 0 bridgehead atoms. The summed E-state index contributed by atoms with van der Waals surface area (Å²) in [6.45, 7) is 3.74. The second-order valence-electron chi connectivity index (χ2n) is 9.57. The van der Waals surface area contributed by atoms with E-state index in [1.165, 1.54) is 0 Å². The normalized spacial score (nSPS) is 14.4. The lowest BCUT2D eigenvalue weighted by Crippen LogP contribution is -2.44. The number of hydrogen-bond acceptors (Lipinski definition) is 8. The van der Waals surface area contributed by atoms with E-state index < -0.39 is 0 Å². The van der Waals surface area contributed by atoms with E-state index in [1.54, 1.807) is 29.5 Å². The van der Waals surface area contributed by atoms with Gasteiger partial charge in [0, 0.05) is 57.4 Å². The number of hydrogen-bond donors (Lipinski definition) is 1. The number of benzene rings is 1. The van der Waals surface area contributed by atoms with Crippen molar-refractivity contribution in [2.75, 3.05) is 57.6 Å². The molecule has 1 saturated heterocycles. The largest absolute Gasteiger partial charge is 0.479 e. The first-order valence-corrected chi connectivity index (χ1v) is 12.6. The van der Waals surface area contributed by atoms with Gasteiger partial charge in [0.2, 0.25) is 5.88 Å². The average Bonchev–Trinajstić information content (AvgIpc) is 3.22. The molecule has 10 heteroatoms. The first-order chi connectivity index (χ1) is 18.5. The zero-order chi connectivity index (χ0) is 26.4. The van der Waals surface area contributed by atoms with Crippen molar-refractivity contribution >= 4 is 33.6 Å². The highest BCUT2D eigenvalue weighted by Gasteiger charge is 2.22. The molecule has 38 heavy (non-hydrogen) atoms. The van der Waals surface area contributed by atoms with Crippen LogP contribution in [-0.2, 0) is 7.05 Å². The van der Waals surface area contributed by atoms with Crippen LogP contribution < -0.4 is 20.6 Å². The highest BCUT2D eigenvalue weighted by molar-refractivity contribution is 6.04. The van der Waals surface area contributed by atoms with Crippen LogP contribution in [0.15, 0.2) is 59.7 Å². The maximum atomic E-state index is 13.6. The van der Waals surface area contributed by atoms with Gasteiger partial charge in [0.25, 0.3) is 0 Å². The Morgan fingerprint density at radius 1 is 0.921 bits per heavy atom. The number of aryl methyl sites for hydroxylation is 1. The molecule has 10 nitrogen and oxygen atoms in total. The fraction of sp³-hybridized carbons (Fsp3) is 0.286. The summed E-state index contributed by atoms with van der Waals surface area (Å²) in [4.78, 5) is 32.1. The number of rotatable bonds is 5. The van der Waals surface area contributed by atoms with Gasteiger partial charge in [-0.05, 0) is 49.0 Å². The van der Waals surface area contributed by atoms with Crippen LogP contribution in [0.3, 0.4) is 0 Å². The quantitative estimate of drug-likeness (QED) is 0.386. The van der Waals surface area contributed by atoms with Crippen molar-refractivity contribution in [3.63, 3.8) is 0 Å². The van der Waals surface area contributed by atoms with Gasteiger partial charge in [-0.2, -0.15) is 4.98 Å². The number of piperazine rings is 1. The van der Waals surface area contributed by atoms with Gasteiger partial charge in [0.05, 0.1) is 29.9 Å². The lowest BCUT2D eigenvalue weighted by Gasteiger charge is -2.33. The number of ether oxygens (including phenoxy) is 1. The van der Waals surface area contributed by atoms with Crippen molar-refractivity contribution < 1.29 is 4.74 Å². The van der Waals surface area contributed by atoms with E-state index in [4.69, 9.17) is 9.72 Å². The topological polar surface area (TPSA) is 93.3 Å². The Kier molecular flexibility index (Phi) is 5.96. The highest BCUT2D eigenvalue weighted by Crippen LogP contribution is 2.32. The van der Waals surface area contributed by atoms with Crippen LogP contribution in [0.5, 0.6) is 5.88 Å². The Bertz CT molecular complexity index is 1700. The monoisotopic (exact) mass is 510 g/mol. The molecule has 0 unspecified atom stereocenters. The minimum absolute atomic E-state index is 0.188. The summed E-state index contributed by atoms with van der Waals surface area (Å²) in [6.07, 6.45) is 3.58. The van der Waals surface area contributed by atoms with Crippen molar-refractivity contribution in [1.82, 2.24) is 29.0 Å². The van der Waals surface area contributed by atoms with Gasteiger partial charge in [0.15, 0.2) is 0 Å². The summed E-state index contributed by atoms with van der Waals surface area (Å²) >= 11 is 0. The molecule has 5 heterocycles. The number of nitrogens with one attached hydrogen (secondary N) is 1. The van der Waals surface area contributed by atoms with E-state index in [2.05, 4.69) is 38.2 Å². The summed E-state index contributed by atoms with van der Waals surface area (Å²) in [6, 6.07) is 13.9. The predicted octanol–water partition coefficient (Wildman–Crippen LogP) is 3.14. The lowest BCUT2D eigenvalue weighted by atomic mass is 10.0. The van der Waals surface area contributed by atoms with Crippen molar-refractivity contribution in [3.05, 3.63) is 65.3 Å². The standard InChI is InChI=1S/C28H30N8O2/c1-29-24-9-6-19(16-31-24)18-5-7-21-20(15-18)26-23(17-30-21)34(3)28(37)36(26)22-8-10-25(32-27(22)38-4)35-13-11-33(2)12-14-35/h5-10,15-17H,11-14H2,1-4H3,(H,29,31). The molecule has 0 saturated carbocycles. The molecule has 0 spiro atoms. The van der Waals surface area contributed by atoms with Crippen molar-refractivity contribution in [2.45, 2.75) is 0 Å². The fourth-order valence-corrected chi connectivity index (χ4v) is 5.07. The molecule has 0 aliphatic carbocycles. The third-order valence-electron chi connectivity index (χ3n) is 7.32. The Hall–Kier alpha value is -4.44. The molecule has 4 aromatic heterocycles. The maximum absolute atomic E-state index is 13.6. The number of pyridine rings is 3. The van der Waals surface area contributed by atoms with E-state index in [9.17, 15) is 4.79 Å². The molecule has 5 aromatic rings. The fourth-order valence-electron chi connectivity index (χ4n) is 5.07. The van der Waals surface area contributed by atoms with Gasteiger partial charge in [-0.3, -0.25) is 14.1 Å². The number of aromatic nitrogens is 5. The van der Waals surface area contributed by atoms with Crippen LogP contribution in [0.25, 0.3) is 38.8 Å². The van der Waals surface area contributed by atoms with E-state index in [0.717, 1.165) is 70.9 Å². The zero-order valence-electron chi connectivity index (χ0n) is 22.0. The van der Waals surface area contributed by atoms with Crippen LogP contribution >= 0.6 is 0 Å². The Morgan fingerprint density at radius 3 is 2.42 bits per heavy atom. The minimum atomic E-state index is -0.188. The predicted molar refractivity (Wildman–Crippen MR) is 151 cm³/mol. The second kappa shape index (κ2) is 9.46. The van der Waals surface area contributed by atoms with E-state index in [-0.39, 0.29) is 5.69 Å². The number of fused-ring (bicyclic) bond motifs is 3. The molecule has 1 aliphatic rings. The first-order valence-electron chi connectivity index (χ1n) is 12.6. The van der Waals surface area contributed by atoms with Crippen LogP contribution in [0.2, 0.25) is 0 Å². The van der Waals surface area contributed by atoms with Crippen LogP contribution in [0.4, 0.5) is 11.6 Å². The molecule has 0 radical (unpaired) electrons. The molecule has 1 fully saturated rings. The van der Waals surface area contributed by atoms with Crippen LogP contribution in [-0.4, -0.2) is 76.4 Å². The zero-order valence-corrected chi connectivity index (χ0v) is 22.0. The summed E-state index contributed by atoms with van der Waals surface area (Å²) in [5.41, 5.74) is 4.65. The molecule has 0 atom stereocenters. The highest BCUT2D eigenvalue weighted by atomic mass is 16.5. The SMILES string of the molecule is CNc1ccc(-c2ccc3ncc4c(c3c2)n(-c2ccc(N3CCN(C)CC3)nc2OC)c(=O)n4C)cn1. The molecule has 194 valence electrons. The molecule has 6 rings (SSSR count). The summed E-state index contributed by atoms with van der Waals surface area (Å²) in [5.74, 6) is 2.05. The van der Waals surface area contributed by atoms with Gasteiger partial charge < -0.3 is 19.9 Å². The van der Waals surface area contributed by atoms with Gasteiger partial charge in [-0.1, -0.05) is 6.07 Å². The first kappa shape index (κ1) is 23.9. The summed E-state index contributed by atoms with van der Waals surface area (Å²) in [7, 11) is 7.32. The number of nitrogens with zero attached hydrogens (tertiary/aromatic N) is 7. The molecular weight excluding hydrogens is 480 g/mol. The van der Waals surface area contributed by atoms with Crippen molar-refractivity contribution in [2.24, 2.45) is 7.05 Å². The Morgan fingerprint density at radius 2 is 1.71 bits per heavy atom. The van der Waals surface area contributed by atoms with E-state index in [0.29, 0.717) is 11.6 Å². The molecule has 1 aromatic carbocycles. The third kappa shape index (κ3) is 3.93. The smallest absolute Gasteiger partial charge is 0.333 e. The molecule has 1 N–H and O–H groups in total. The van der Waals surface area contributed by atoms with Gasteiger partial charge in [-0.25, -0.2) is 9.78 Å². The molecule has 0 amide bonds. The van der Waals surface area contributed by atoms with Crippen LogP contribution in [0.1, 0.15) is 0 Å². The van der Waals surface area contributed by atoms with Crippen LogP contribution in [0, 0.1) is 0 Å². The molecular formula is C28H30N8O2. The number of likely N-dealkylation sites (N-methyl/N-ethyl adjacent to an activating group) is 1. The average molecular weight is 511 g/mol. The number of methoxy groups -OCH3 is 1. The maximum Gasteiger partial charge on any atom is 0.333 e. The van der Waals surface area contributed by atoms with Crippen molar-refractivity contribution in [3.8, 4) is 22.7 Å². The summed E-state index contributed by atoms with van der Waals surface area (Å²) < 4.78 is 9.05. The van der Waals surface area contributed by atoms with Gasteiger partial charge >= 0.3 is 5.69 Å². The van der Waals surface area contributed by atoms with E-state index >= 15 is 0 Å². The lowest BCUT2D eigenvalue weighted by molar-refractivity contribution is 0.311. The number of imidazole rings is 1. The number of anilines is 2. The molecule has 1 aliphatic heterocycles. The second-order valence-corrected chi connectivity index (χ2v) is 9.57. The Balaban J connectivity index is 1.53. The minimum Gasteiger partial charge on any atom is -0.479 e. The third-order valence-corrected chi connectivity index (χ3v) is 7.32.